The molecule has 31 heavy (non-hydrogen) atoms. The first kappa shape index (κ1) is 25.9. The lowest BCUT2D eigenvalue weighted by Gasteiger charge is -2.18. The molecule has 0 radical (unpaired) electrons. The number of pyridine rings is 1. The normalized spacial score (nSPS) is 16.2. The Morgan fingerprint density at radius 3 is 2.48 bits per heavy atom. The number of methoxy groups -OCH3 is 1. The molecule has 170 valence electrons. The van der Waals surface area contributed by atoms with Gasteiger partial charge in [0.1, 0.15) is 11.8 Å². The van der Waals surface area contributed by atoms with E-state index in [0.29, 0.717) is 12.1 Å². The van der Waals surface area contributed by atoms with Gasteiger partial charge in [-0.1, -0.05) is 6.07 Å². The molecular weight excluding hydrogens is 412 g/mol. The molecule has 0 aliphatic carbocycles. The molecule has 1 aromatic heterocycles. The maximum Gasteiger partial charge on any atom is 0.267 e. The number of halogens is 2. The zero-order chi connectivity index (χ0) is 23.6. The molecule has 2 amide bonds. The van der Waals surface area contributed by atoms with Crippen molar-refractivity contribution in [2.75, 3.05) is 19.5 Å². The van der Waals surface area contributed by atoms with Gasteiger partial charge in [-0.25, -0.2) is 4.39 Å². The monoisotopic (exact) mass is 439 g/mol. The topological polar surface area (TPSA) is 124 Å². The molecule has 1 fully saturated rings. The lowest BCUT2D eigenvalue weighted by atomic mass is 10.1. The van der Waals surface area contributed by atoms with E-state index in [1.165, 1.54) is 31.5 Å². The van der Waals surface area contributed by atoms with E-state index in [-0.39, 0.29) is 23.0 Å². The smallest absolute Gasteiger partial charge is 0.267 e. The fourth-order valence-electron chi connectivity index (χ4n) is 2.67. The highest BCUT2D eigenvalue weighted by molar-refractivity contribution is 5.96. The molecule has 1 saturated heterocycles. The second-order valence-corrected chi connectivity index (χ2v) is 6.94. The number of nitrogens with zero attached hydrogens (tertiary/aromatic N) is 1. The number of benzene rings is 1. The van der Waals surface area contributed by atoms with Gasteiger partial charge in [0.15, 0.2) is 11.6 Å². The van der Waals surface area contributed by atoms with Crippen molar-refractivity contribution < 1.29 is 33.0 Å². The number of nitrogens with two attached hydrogens (primary N) is 1. The van der Waals surface area contributed by atoms with Gasteiger partial charge >= 0.3 is 0 Å². The maximum absolute atomic E-state index is 12.5. The number of aliphatic hydroxyl groups is 1. The summed E-state index contributed by atoms with van der Waals surface area (Å²) in [5.41, 5.74) is 5.47. The van der Waals surface area contributed by atoms with Gasteiger partial charge in [0.2, 0.25) is 5.82 Å². The Bertz CT molecular complexity index is 893. The molecule has 2 aromatic rings. The number of carbonyl (C=O) groups excluding carboxylic acids is 2. The van der Waals surface area contributed by atoms with Crippen LogP contribution < -0.4 is 15.8 Å². The van der Waals surface area contributed by atoms with Gasteiger partial charge in [-0.3, -0.25) is 14.6 Å². The largest absolute Gasteiger partial charge is 0.494 e. The first-order chi connectivity index (χ1) is 14.6. The fourth-order valence-corrected chi connectivity index (χ4v) is 2.67. The summed E-state index contributed by atoms with van der Waals surface area (Å²) in [7, 11) is 2.29. The van der Waals surface area contributed by atoms with Crippen molar-refractivity contribution in [3.63, 3.8) is 0 Å². The summed E-state index contributed by atoms with van der Waals surface area (Å²) in [4.78, 5) is 26.8. The Morgan fingerprint density at radius 2 is 1.97 bits per heavy atom. The summed E-state index contributed by atoms with van der Waals surface area (Å²) in [6.45, 7) is 3.91. The molecular formula is C21H27F2N3O5. The number of carbonyl (C=O) groups is 2. The lowest BCUT2D eigenvalue weighted by Crippen LogP contribution is -2.30. The van der Waals surface area contributed by atoms with Crippen molar-refractivity contribution in [3.8, 4) is 5.75 Å². The Balaban J connectivity index is 0.000000337. The van der Waals surface area contributed by atoms with Gasteiger partial charge in [0.25, 0.3) is 11.8 Å². The second-order valence-electron chi connectivity index (χ2n) is 6.94. The minimum atomic E-state index is -0.940. The summed E-state index contributed by atoms with van der Waals surface area (Å²) in [6, 6.07) is 6.83. The fraction of sp³-hybridized carbons (Fsp3) is 0.381. The number of hydrogen-bond donors (Lipinski definition) is 3. The molecule has 0 saturated carbocycles. The van der Waals surface area contributed by atoms with Crippen LogP contribution in [-0.4, -0.2) is 47.8 Å². The number of ether oxygens (including phenoxy) is 2. The minimum Gasteiger partial charge on any atom is -0.494 e. The highest BCUT2D eigenvalue weighted by Gasteiger charge is 2.35. The molecule has 4 N–H and O–H groups in total. The first-order valence-electron chi connectivity index (χ1n) is 9.30. The van der Waals surface area contributed by atoms with E-state index in [4.69, 9.17) is 15.6 Å². The van der Waals surface area contributed by atoms with Crippen LogP contribution in [0.5, 0.6) is 5.75 Å². The molecule has 3 rings (SSSR count). The van der Waals surface area contributed by atoms with E-state index < -0.39 is 23.6 Å². The highest BCUT2D eigenvalue weighted by atomic mass is 19.2. The molecule has 1 aliphatic heterocycles. The molecule has 10 heteroatoms. The average molecular weight is 439 g/mol. The summed E-state index contributed by atoms with van der Waals surface area (Å²) in [5, 5.41) is 9.71. The maximum atomic E-state index is 12.5. The van der Waals surface area contributed by atoms with E-state index in [1.54, 1.807) is 6.07 Å². The van der Waals surface area contributed by atoms with Crippen molar-refractivity contribution in [3.05, 3.63) is 53.9 Å². The molecule has 0 spiro atoms. The Labute approximate surface area is 179 Å². The van der Waals surface area contributed by atoms with E-state index in [9.17, 15) is 18.4 Å². The van der Waals surface area contributed by atoms with Gasteiger partial charge < -0.3 is 25.6 Å². The zero-order valence-corrected chi connectivity index (χ0v) is 17.8. The van der Waals surface area contributed by atoms with Crippen molar-refractivity contribution in [2.45, 2.75) is 38.4 Å². The van der Waals surface area contributed by atoms with Gasteiger partial charge in [0, 0.05) is 19.0 Å². The van der Waals surface area contributed by atoms with Gasteiger partial charge in [-0.2, -0.15) is 4.39 Å². The molecule has 0 bridgehead atoms. The molecule has 1 aromatic carbocycles. The summed E-state index contributed by atoms with van der Waals surface area (Å²) in [6.07, 6.45) is 2.50. The van der Waals surface area contributed by atoms with Crippen LogP contribution in [0.25, 0.3) is 0 Å². The van der Waals surface area contributed by atoms with Crippen molar-refractivity contribution >= 4 is 17.5 Å². The number of rotatable bonds is 4. The van der Waals surface area contributed by atoms with E-state index in [0.717, 1.165) is 19.6 Å². The Morgan fingerprint density at radius 1 is 1.29 bits per heavy atom. The van der Waals surface area contributed by atoms with Gasteiger partial charge in [-0.15, -0.1) is 0 Å². The standard InChI is InChI=1S/C13H17N3O3.C7H6F2O.CH4O/c1-13(2)5-3-10(19-13)12(18)16-8-4-6-15-9(7-8)11(14)17;1-10-6-4-2-3-5(8)7(6)9;1-2/h4,6-7,10H,3,5H2,1-2H3,(H2,14,17)(H,15,16,18);2-4H,1H3;2H,1H3. The van der Waals surface area contributed by atoms with Crippen LogP contribution in [0.15, 0.2) is 36.5 Å². The zero-order valence-electron chi connectivity index (χ0n) is 17.8. The van der Waals surface area contributed by atoms with Crippen molar-refractivity contribution in [1.29, 1.82) is 0 Å². The van der Waals surface area contributed by atoms with E-state index >= 15 is 0 Å². The predicted molar refractivity (Wildman–Crippen MR) is 111 cm³/mol. The third-order valence-corrected chi connectivity index (χ3v) is 4.18. The molecule has 8 nitrogen and oxygen atoms in total. The van der Waals surface area contributed by atoms with Gasteiger partial charge in [-0.05, 0) is 51.0 Å². The highest BCUT2D eigenvalue weighted by Crippen LogP contribution is 2.29. The summed E-state index contributed by atoms with van der Waals surface area (Å²) >= 11 is 0. The van der Waals surface area contributed by atoms with Crippen LogP contribution in [0.4, 0.5) is 14.5 Å². The third kappa shape index (κ3) is 7.91. The number of aliphatic hydroxyl groups excluding tert-OH is 1. The Kier molecular flexibility index (Phi) is 9.97. The quantitative estimate of drug-likeness (QED) is 0.673. The first-order valence-corrected chi connectivity index (χ1v) is 9.30. The Hall–Kier alpha value is -3.11. The van der Waals surface area contributed by atoms with Crippen LogP contribution in [-0.2, 0) is 9.53 Å². The number of anilines is 1. The number of hydrogen-bond acceptors (Lipinski definition) is 6. The predicted octanol–water partition coefficient (Wildman–Crippen LogP) is 2.66. The minimum absolute atomic E-state index is 0.0694. The van der Waals surface area contributed by atoms with Crippen LogP contribution >= 0.6 is 0 Å². The second kappa shape index (κ2) is 11.9. The van der Waals surface area contributed by atoms with E-state index in [2.05, 4.69) is 15.0 Å². The van der Waals surface area contributed by atoms with Crippen LogP contribution in [0.1, 0.15) is 37.2 Å². The van der Waals surface area contributed by atoms with Crippen LogP contribution in [0.2, 0.25) is 0 Å². The average Bonchev–Trinajstić information content (AvgIpc) is 3.12. The van der Waals surface area contributed by atoms with Crippen LogP contribution in [0, 0.1) is 11.6 Å². The number of nitrogens with one attached hydrogen (secondary N) is 1. The molecule has 1 atom stereocenters. The van der Waals surface area contributed by atoms with Crippen molar-refractivity contribution in [1.82, 2.24) is 4.98 Å². The number of aromatic nitrogens is 1. The molecule has 1 unspecified atom stereocenters. The SMILES string of the molecule is CC1(C)CCC(C(=O)Nc2ccnc(C(N)=O)c2)O1.CO.COc1cccc(F)c1F. The summed E-state index contributed by atoms with van der Waals surface area (Å²) in [5.74, 6) is -2.74. The molecule has 2 heterocycles. The summed E-state index contributed by atoms with van der Waals surface area (Å²) < 4.78 is 35.0. The third-order valence-electron chi connectivity index (χ3n) is 4.18. The van der Waals surface area contributed by atoms with Crippen LogP contribution in [0.3, 0.4) is 0 Å². The lowest BCUT2D eigenvalue weighted by molar-refractivity contribution is -0.129. The number of amides is 2. The number of primary amides is 1. The molecule has 1 aliphatic rings. The van der Waals surface area contributed by atoms with Crippen molar-refractivity contribution in [2.24, 2.45) is 5.73 Å². The van der Waals surface area contributed by atoms with Gasteiger partial charge in [0.05, 0.1) is 12.7 Å². The van der Waals surface area contributed by atoms with E-state index in [1.807, 2.05) is 13.8 Å².